The minimum Gasteiger partial charge on any atom is -0.380 e. The predicted molar refractivity (Wildman–Crippen MR) is 81.7 cm³/mol. The maximum Gasteiger partial charge on any atom is 0.398 e. The summed E-state index contributed by atoms with van der Waals surface area (Å²) < 4.78 is 37.0. The van der Waals surface area contributed by atoms with Gasteiger partial charge in [0, 0.05) is 17.1 Å². The highest BCUT2D eigenvalue weighted by Crippen LogP contribution is 2.32. The van der Waals surface area contributed by atoms with Crippen molar-refractivity contribution in [2.75, 3.05) is 11.1 Å². The average Bonchev–Trinajstić information content (AvgIpc) is 2.44. The van der Waals surface area contributed by atoms with Crippen LogP contribution in [-0.2, 0) is 6.54 Å². The first-order valence-corrected chi connectivity index (χ1v) is 7.50. The highest BCUT2D eigenvalue weighted by atomic mass is 32.2. The molecule has 1 nitrogen and oxygen atoms in total. The van der Waals surface area contributed by atoms with E-state index in [1.165, 1.54) is 5.56 Å². The van der Waals surface area contributed by atoms with Crippen molar-refractivity contribution in [2.24, 2.45) is 0 Å². The van der Waals surface area contributed by atoms with E-state index < -0.39 is 11.9 Å². The predicted octanol–water partition coefficient (Wildman–Crippen LogP) is 5.26. The van der Waals surface area contributed by atoms with Crippen molar-refractivity contribution in [1.82, 2.24) is 0 Å². The molecule has 0 atom stereocenters. The molecule has 0 aliphatic carbocycles. The number of alkyl halides is 3. The summed E-state index contributed by atoms with van der Waals surface area (Å²) in [6.07, 6.45) is -4.16. The summed E-state index contributed by atoms with van der Waals surface area (Å²) in [6.45, 7) is 2.60. The molecule has 2 aromatic carbocycles. The Kier molecular flexibility index (Phi) is 5.17. The fourth-order valence-electron chi connectivity index (χ4n) is 1.80. The Morgan fingerprint density at radius 3 is 2.33 bits per heavy atom. The molecule has 112 valence electrons. The largest absolute Gasteiger partial charge is 0.398 e. The Hall–Kier alpha value is -1.62. The molecule has 0 saturated carbocycles. The quantitative estimate of drug-likeness (QED) is 0.756. The van der Waals surface area contributed by atoms with E-state index in [2.05, 4.69) is 5.32 Å². The molecule has 1 N–H and O–H groups in total. The third-order valence-corrected chi connectivity index (χ3v) is 4.02. The van der Waals surface area contributed by atoms with Gasteiger partial charge in [-0.25, -0.2) is 0 Å². The van der Waals surface area contributed by atoms with E-state index in [-0.39, 0.29) is 0 Å². The minimum absolute atomic E-state index is 0.587. The van der Waals surface area contributed by atoms with E-state index in [0.717, 1.165) is 23.0 Å². The van der Waals surface area contributed by atoms with E-state index in [1.54, 1.807) is 18.2 Å². The summed E-state index contributed by atoms with van der Waals surface area (Å²) in [4.78, 5) is 0.613. The van der Waals surface area contributed by atoms with Crippen LogP contribution in [0.15, 0.2) is 53.4 Å². The summed E-state index contributed by atoms with van der Waals surface area (Å²) in [7, 11) is 0. The monoisotopic (exact) mass is 311 g/mol. The number of rotatable bonds is 5. The molecule has 0 aliphatic rings. The molecule has 0 aromatic heterocycles. The zero-order valence-corrected chi connectivity index (χ0v) is 12.4. The highest BCUT2D eigenvalue weighted by Gasteiger charge is 2.27. The van der Waals surface area contributed by atoms with Crippen LogP contribution >= 0.6 is 11.8 Å². The van der Waals surface area contributed by atoms with Crippen LogP contribution < -0.4 is 5.32 Å². The van der Waals surface area contributed by atoms with Crippen molar-refractivity contribution in [3.05, 3.63) is 59.7 Å². The van der Waals surface area contributed by atoms with Gasteiger partial charge in [0.25, 0.3) is 0 Å². The molecule has 0 radical (unpaired) electrons. The molecular formula is C16H16F3NS. The minimum atomic E-state index is -4.16. The SMILES string of the molecule is Cc1ccc(CNc2ccccc2SCC(F)(F)F)cc1. The molecule has 0 unspecified atom stereocenters. The van der Waals surface area contributed by atoms with E-state index in [4.69, 9.17) is 0 Å². The van der Waals surface area contributed by atoms with Gasteiger partial charge >= 0.3 is 6.18 Å². The molecule has 0 heterocycles. The van der Waals surface area contributed by atoms with Crippen molar-refractivity contribution < 1.29 is 13.2 Å². The van der Waals surface area contributed by atoms with Gasteiger partial charge in [0.2, 0.25) is 0 Å². The van der Waals surface area contributed by atoms with Crippen LogP contribution in [0.1, 0.15) is 11.1 Å². The Labute approximate surface area is 126 Å². The van der Waals surface area contributed by atoms with Gasteiger partial charge in [0.1, 0.15) is 0 Å². The van der Waals surface area contributed by atoms with Crippen molar-refractivity contribution in [3.8, 4) is 0 Å². The van der Waals surface area contributed by atoms with Gasteiger partial charge in [-0.3, -0.25) is 0 Å². The zero-order chi connectivity index (χ0) is 15.3. The van der Waals surface area contributed by atoms with E-state index in [1.807, 2.05) is 37.3 Å². The lowest BCUT2D eigenvalue weighted by Crippen LogP contribution is -2.11. The maximum absolute atomic E-state index is 12.3. The lowest BCUT2D eigenvalue weighted by atomic mass is 10.1. The lowest BCUT2D eigenvalue weighted by molar-refractivity contribution is -0.105. The molecule has 0 aliphatic heterocycles. The zero-order valence-electron chi connectivity index (χ0n) is 11.6. The summed E-state index contributed by atoms with van der Waals surface area (Å²) in [5.41, 5.74) is 3.00. The van der Waals surface area contributed by atoms with Gasteiger partial charge in [-0.05, 0) is 24.6 Å². The molecule has 0 saturated heterocycles. The Bertz CT molecular complexity index is 579. The van der Waals surface area contributed by atoms with Gasteiger partial charge in [-0.2, -0.15) is 13.2 Å². The van der Waals surface area contributed by atoms with Crippen LogP contribution in [0.3, 0.4) is 0 Å². The molecule has 0 spiro atoms. The smallest absolute Gasteiger partial charge is 0.380 e. The lowest BCUT2D eigenvalue weighted by Gasteiger charge is -2.13. The van der Waals surface area contributed by atoms with Crippen molar-refractivity contribution in [1.29, 1.82) is 0 Å². The summed E-state index contributed by atoms with van der Waals surface area (Å²) >= 11 is 0.804. The molecule has 21 heavy (non-hydrogen) atoms. The highest BCUT2D eigenvalue weighted by molar-refractivity contribution is 7.99. The second-order valence-corrected chi connectivity index (χ2v) is 5.76. The molecule has 2 aromatic rings. The Morgan fingerprint density at radius 1 is 1.00 bits per heavy atom. The second-order valence-electron chi connectivity index (χ2n) is 4.74. The Balaban J connectivity index is 2.01. The van der Waals surface area contributed by atoms with Gasteiger partial charge in [0.15, 0.2) is 0 Å². The molecule has 0 amide bonds. The topological polar surface area (TPSA) is 12.0 Å². The van der Waals surface area contributed by atoms with Gasteiger partial charge in [-0.15, -0.1) is 11.8 Å². The van der Waals surface area contributed by atoms with Crippen molar-refractivity contribution in [2.45, 2.75) is 24.5 Å². The van der Waals surface area contributed by atoms with Crippen LogP contribution in [0.5, 0.6) is 0 Å². The van der Waals surface area contributed by atoms with Crippen LogP contribution in [-0.4, -0.2) is 11.9 Å². The third-order valence-electron chi connectivity index (χ3n) is 2.88. The number of aryl methyl sites for hydroxylation is 1. The number of halogens is 3. The van der Waals surface area contributed by atoms with Crippen LogP contribution in [0.25, 0.3) is 0 Å². The number of nitrogens with one attached hydrogen (secondary N) is 1. The average molecular weight is 311 g/mol. The molecule has 2 rings (SSSR count). The normalized spacial score (nSPS) is 11.4. The maximum atomic E-state index is 12.3. The first-order chi connectivity index (χ1) is 9.94. The fraction of sp³-hybridized carbons (Fsp3) is 0.250. The second kappa shape index (κ2) is 6.89. The van der Waals surface area contributed by atoms with Crippen LogP contribution in [0.4, 0.5) is 18.9 Å². The fourth-order valence-corrected chi connectivity index (χ4v) is 2.59. The van der Waals surface area contributed by atoms with Gasteiger partial charge < -0.3 is 5.32 Å². The summed E-state index contributed by atoms with van der Waals surface area (Å²) in [5, 5.41) is 3.20. The Morgan fingerprint density at radius 2 is 1.67 bits per heavy atom. The van der Waals surface area contributed by atoms with Crippen LogP contribution in [0.2, 0.25) is 0 Å². The van der Waals surface area contributed by atoms with E-state index >= 15 is 0 Å². The van der Waals surface area contributed by atoms with Crippen molar-refractivity contribution in [3.63, 3.8) is 0 Å². The third kappa shape index (κ3) is 5.34. The number of hydrogen-bond donors (Lipinski definition) is 1. The van der Waals surface area contributed by atoms with Crippen LogP contribution in [0, 0.1) is 6.92 Å². The number of para-hydroxylation sites is 1. The standard InChI is InChI=1S/C16H16F3NS/c1-12-6-8-13(9-7-12)10-20-14-4-2-3-5-15(14)21-11-16(17,18)19/h2-9,20H,10-11H2,1H3. The number of anilines is 1. The van der Waals surface area contributed by atoms with Gasteiger partial charge in [0.05, 0.1) is 5.75 Å². The summed E-state index contributed by atoms with van der Waals surface area (Å²) in [5.74, 6) is -0.879. The molecular weight excluding hydrogens is 295 g/mol. The number of benzene rings is 2. The van der Waals surface area contributed by atoms with Crippen molar-refractivity contribution >= 4 is 17.4 Å². The first kappa shape index (κ1) is 15.8. The number of hydrogen-bond acceptors (Lipinski definition) is 2. The summed E-state index contributed by atoms with van der Waals surface area (Å²) in [6, 6.07) is 15.1. The number of thioether (sulfide) groups is 1. The molecule has 5 heteroatoms. The molecule has 0 fully saturated rings. The van der Waals surface area contributed by atoms with E-state index in [9.17, 15) is 13.2 Å². The van der Waals surface area contributed by atoms with E-state index in [0.29, 0.717) is 11.4 Å². The molecule has 0 bridgehead atoms. The first-order valence-electron chi connectivity index (χ1n) is 6.52. The van der Waals surface area contributed by atoms with Gasteiger partial charge in [-0.1, -0.05) is 42.0 Å².